The third-order valence-corrected chi connectivity index (χ3v) is 4.07. The number of aryl methyl sites for hydroxylation is 2. The van der Waals surface area contributed by atoms with Crippen molar-refractivity contribution in [2.75, 3.05) is 5.32 Å². The predicted octanol–water partition coefficient (Wildman–Crippen LogP) is 3.51. The third kappa shape index (κ3) is 3.64. The number of ether oxygens (including phenoxy) is 1. The molecule has 0 radical (unpaired) electrons. The lowest BCUT2D eigenvalue weighted by Gasteiger charge is -2.08. The molecule has 0 aliphatic heterocycles. The van der Waals surface area contributed by atoms with Gasteiger partial charge in [-0.25, -0.2) is 4.79 Å². The maximum atomic E-state index is 12.4. The van der Waals surface area contributed by atoms with Crippen molar-refractivity contribution in [3.63, 3.8) is 0 Å². The van der Waals surface area contributed by atoms with Crippen LogP contribution in [0.3, 0.4) is 0 Å². The van der Waals surface area contributed by atoms with Gasteiger partial charge < -0.3 is 10.1 Å². The Morgan fingerprint density at radius 1 is 1.00 bits per heavy atom. The quantitative estimate of drug-likeness (QED) is 0.578. The van der Waals surface area contributed by atoms with Crippen LogP contribution in [0.15, 0.2) is 54.6 Å². The van der Waals surface area contributed by atoms with E-state index in [9.17, 15) is 9.59 Å². The van der Waals surface area contributed by atoms with Crippen LogP contribution in [0.25, 0.3) is 0 Å². The fourth-order valence-electron chi connectivity index (χ4n) is 2.63. The van der Waals surface area contributed by atoms with E-state index in [0.29, 0.717) is 28.3 Å². The lowest BCUT2D eigenvalue weighted by Crippen LogP contribution is -2.12. The second kappa shape index (κ2) is 7.23. The Kier molecular flexibility index (Phi) is 4.84. The Bertz CT molecular complexity index is 944. The first-order valence-electron chi connectivity index (χ1n) is 8.14. The highest BCUT2D eigenvalue weighted by Gasteiger charge is 2.19. The minimum Gasteiger partial charge on any atom is -0.423 e. The van der Waals surface area contributed by atoms with Crippen molar-refractivity contribution >= 4 is 17.6 Å². The first-order valence-corrected chi connectivity index (χ1v) is 8.14. The number of rotatable bonds is 4. The topological polar surface area (TPSA) is 73.2 Å². The highest BCUT2D eigenvalue weighted by atomic mass is 16.5. The van der Waals surface area contributed by atoms with Gasteiger partial charge in [0.1, 0.15) is 11.3 Å². The number of esters is 1. The number of amides is 1. The lowest BCUT2D eigenvalue weighted by molar-refractivity contribution is 0.0733. The molecule has 132 valence electrons. The van der Waals surface area contributed by atoms with Crippen molar-refractivity contribution < 1.29 is 14.3 Å². The molecule has 0 fully saturated rings. The van der Waals surface area contributed by atoms with Crippen molar-refractivity contribution in [1.29, 1.82) is 0 Å². The zero-order chi connectivity index (χ0) is 18.7. The highest BCUT2D eigenvalue weighted by Crippen LogP contribution is 2.20. The Morgan fingerprint density at radius 2 is 1.65 bits per heavy atom. The van der Waals surface area contributed by atoms with Gasteiger partial charge in [0.15, 0.2) is 0 Å². The number of aromatic nitrogens is 2. The number of benzene rings is 2. The van der Waals surface area contributed by atoms with E-state index in [1.165, 1.54) is 0 Å². The van der Waals surface area contributed by atoms with Crippen molar-refractivity contribution in [1.82, 2.24) is 9.78 Å². The zero-order valence-electron chi connectivity index (χ0n) is 14.8. The van der Waals surface area contributed by atoms with Gasteiger partial charge >= 0.3 is 5.97 Å². The van der Waals surface area contributed by atoms with E-state index in [0.717, 1.165) is 5.69 Å². The molecule has 0 atom stereocenters. The normalized spacial score (nSPS) is 10.4. The van der Waals surface area contributed by atoms with E-state index in [4.69, 9.17) is 4.74 Å². The Morgan fingerprint density at radius 3 is 2.23 bits per heavy atom. The van der Waals surface area contributed by atoms with E-state index in [1.54, 1.807) is 67.2 Å². The molecule has 1 heterocycles. The molecule has 6 heteroatoms. The van der Waals surface area contributed by atoms with Crippen LogP contribution in [-0.4, -0.2) is 21.7 Å². The average Bonchev–Trinajstić information content (AvgIpc) is 2.89. The SMILES string of the molecule is Cc1nn(C)c(C)c1C(=O)Oc1ccc(NC(=O)c2ccccc2)cc1. The molecular weight excluding hydrogens is 330 g/mol. The summed E-state index contributed by atoms with van der Waals surface area (Å²) in [6.45, 7) is 3.59. The zero-order valence-corrected chi connectivity index (χ0v) is 14.8. The second-order valence-corrected chi connectivity index (χ2v) is 5.90. The summed E-state index contributed by atoms with van der Waals surface area (Å²) in [6, 6.07) is 15.6. The van der Waals surface area contributed by atoms with Gasteiger partial charge in [-0.1, -0.05) is 18.2 Å². The summed E-state index contributed by atoms with van der Waals surface area (Å²) >= 11 is 0. The molecule has 0 saturated heterocycles. The van der Waals surface area contributed by atoms with Crippen LogP contribution in [0.1, 0.15) is 32.1 Å². The molecule has 0 saturated carbocycles. The van der Waals surface area contributed by atoms with Gasteiger partial charge in [-0.05, 0) is 50.2 Å². The van der Waals surface area contributed by atoms with E-state index in [2.05, 4.69) is 10.4 Å². The van der Waals surface area contributed by atoms with Crippen LogP contribution >= 0.6 is 0 Å². The highest BCUT2D eigenvalue weighted by molar-refractivity contribution is 6.04. The van der Waals surface area contributed by atoms with Gasteiger partial charge in [0.05, 0.1) is 5.69 Å². The van der Waals surface area contributed by atoms with Crippen molar-refractivity contribution in [2.24, 2.45) is 7.05 Å². The molecule has 0 aliphatic rings. The maximum Gasteiger partial charge on any atom is 0.347 e. The van der Waals surface area contributed by atoms with Crippen molar-refractivity contribution in [3.05, 3.63) is 77.1 Å². The Balaban J connectivity index is 1.68. The van der Waals surface area contributed by atoms with E-state index in [1.807, 2.05) is 13.0 Å². The summed E-state index contributed by atoms with van der Waals surface area (Å²) in [5.74, 6) is -0.249. The summed E-state index contributed by atoms with van der Waals surface area (Å²) in [6.07, 6.45) is 0. The van der Waals surface area contributed by atoms with Crippen LogP contribution < -0.4 is 10.1 Å². The number of nitrogens with zero attached hydrogens (tertiary/aromatic N) is 2. The summed E-state index contributed by atoms with van der Waals surface area (Å²) in [7, 11) is 1.78. The number of hydrogen-bond donors (Lipinski definition) is 1. The second-order valence-electron chi connectivity index (χ2n) is 5.90. The molecule has 2 aromatic carbocycles. The van der Waals surface area contributed by atoms with Gasteiger partial charge in [0.25, 0.3) is 5.91 Å². The van der Waals surface area contributed by atoms with Crippen LogP contribution in [-0.2, 0) is 7.05 Å². The van der Waals surface area contributed by atoms with Gasteiger partial charge in [-0.3, -0.25) is 9.48 Å². The summed E-state index contributed by atoms with van der Waals surface area (Å²) in [5, 5.41) is 7.02. The lowest BCUT2D eigenvalue weighted by atomic mass is 10.2. The largest absolute Gasteiger partial charge is 0.423 e. The van der Waals surface area contributed by atoms with Crippen molar-refractivity contribution in [3.8, 4) is 5.75 Å². The van der Waals surface area contributed by atoms with Gasteiger partial charge in [0, 0.05) is 24.0 Å². The fraction of sp³-hybridized carbons (Fsp3) is 0.150. The van der Waals surface area contributed by atoms with Gasteiger partial charge in [-0.2, -0.15) is 5.10 Å². The van der Waals surface area contributed by atoms with Gasteiger partial charge in [-0.15, -0.1) is 0 Å². The number of hydrogen-bond acceptors (Lipinski definition) is 4. The van der Waals surface area contributed by atoms with Crippen LogP contribution in [0, 0.1) is 13.8 Å². The van der Waals surface area contributed by atoms with Gasteiger partial charge in [0.2, 0.25) is 0 Å². The van der Waals surface area contributed by atoms with E-state index in [-0.39, 0.29) is 5.91 Å². The van der Waals surface area contributed by atoms with Crippen molar-refractivity contribution in [2.45, 2.75) is 13.8 Å². The molecule has 26 heavy (non-hydrogen) atoms. The van der Waals surface area contributed by atoms with Crippen LogP contribution in [0.2, 0.25) is 0 Å². The molecule has 0 bridgehead atoms. The third-order valence-electron chi connectivity index (χ3n) is 4.07. The Labute approximate surface area is 151 Å². The molecule has 0 aliphatic carbocycles. The minimum atomic E-state index is -0.450. The first-order chi connectivity index (χ1) is 12.5. The minimum absolute atomic E-state index is 0.197. The summed E-state index contributed by atoms with van der Waals surface area (Å²) < 4.78 is 7.06. The number of carbonyl (C=O) groups is 2. The standard InChI is InChI=1S/C20H19N3O3/c1-13-18(14(2)23(3)22-13)20(25)26-17-11-9-16(10-12-17)21-19(24)15-7-5-4-6-8-15/h4-12H,1-3H3,(H,21,24). The molecule has 3 rings (SSSR count). The van der Waals surface area contributed by atoms with Crippen LogP contribution in [0.5, 0.6) is 5.75 Å². The molecule has 1 amide bonds. The molecule has 0 spiro atoms. The number of nitrogens with one attached hydrogen (secondary N) is 1. The average molecular weight is 349 g/mol. The van der Waals surface area contributed by atoms with Crippen LogP contribution in [0.4, 0.5) is 5.69 Å². The molecule has 6 nitrogen and oxygen atoms in total. The summed E-state index contributed by atoms with van der Waals surface area (Å²) in [4.78, 5) is 24.5. The maximum absolute atomic E-state index is 12.4. The Hall–Kier alpha value is -3.41. The number of carbonyl (C=O) groups excluding carboxylic acids is 2. The molecule has 1 N–H and O–H groups in total. The molecule has 0 unspecified atom stereocenters. The first kappa shape index (κ1) is 17.4. The molecular formula is C20H19N3O3. The molecule has 3 aromatic rings. The van der Waals surface area contributed by atoms with E-state index < -0.39 is 5.97 Å². The fourth-order valence-corrected chi connectivity index (χ4v) is 2.63. The summed E-state index contributed by atoms with van der Waals surface area (Å²) in [5.41, 5.74) is 3.04. The monoisotopic (exact) mass is 349 g/mol. The number of anilines is 1. The smallest absolute Gasteiger partial charge is 0.347 e. The molecule has 1 aromatic heterocycles. The predicted molar refractivity (Wildman–Crippen MR) is 98.5 cm³/mol. The van der Waals surface area contributed by atoms with E-state index >= 15 is 0 Å².